The Kier molecular flexibility index (Phi) is 6.72. The number of aromatic nitrogens is 4. The summed E-state index contributed by atoms with van der Waals surface area (Å²) in [7, 11) is 0. The molecule has 7 nitrogen and oxygen atoms in total. The van der Waals surface area contributed by atoms with Crippen molar-refractivity contribution < 1.29 is 0 Å². The quantitative estimate of drug-likeness (QED) is 0.381. The lowest BCUT2D eigenvalue weighted by Crippen LogP contribution is -2.31. The molecule has 34 heavy (non-hydrogen) atoms. The molecule has 0 saturated carbocycles. The van der Waals surface area contributed by atoms with Crippen LogP contribution in [0.15, 0.2) is 60.9 Å². The zero-order valence-electron chi connectivity index (χ0n) is 19.3. The molecule has 3 aromatic heterocycles. The second kappa shape index (κ2) is 10.2. The summed E-state index contributed by atoms with van der Waals surface area (Å²) < 4.78 is 0. The van der Waals surface area contributed by atoms with E-state index in [1.165, 1.54) is 12.8 Å². The molecule has 0 atom stereocenters. The molecule has 0 aliphatic carbocycles. The van der Waals surface area contributed by atoms with Crippen molar-refractivity contribution in [2.75, 3.05) is 41.3 Å². The van der Waals surface area contributed by atoms with E-state index in [2.05, 4.69) is 37.2 Å². The normalized spacial score (nSPS) is 13.4. The van der Waals surface area contributed by atoms with Crippen LogP contribution in [-0.4, -0.2) is 46.1 Å². The molecule has 0 spiro atoms. The lowest BCUT2D eigenvalue weighted by atomic mass is 10.2. The number of rotatable bonds is 8. The van der Waals surface area contributed by atoms with Gasteiger partial charge in [-0.05, 0) is 56.2 Å². The van der Waals surface area contributed by atoms with Crippen molar-refractivity contribution in [3.63, 3.8) is 0 Å². The Balaban J connectivity index is 1.38. The summed E-state index contributed by atoms with van der Waals surface area (Å²) >= 11 is 6.15. The molecule has 8 heteroatoms. The maximum atomic E-state index is 6.15. The summed E-state index contributed by atoms with van der Waals surface area (Å²) in [5.41, 5.74) is 3.90. The molecule has 4 heterocycles. The van der Waals surface area contributed by atoms with Crippen LogP contribution in [0, 0.1) is 6.92 Å². The number of aryl methyl sites for hydroxylation is 1. The van der Waals surface area contributed by atoms with Gasteiger partial charge in [0.2, 0.25) is 5.95 Å². The Morgan fingerprint density at radius 3 is 2.71 bits per heavy atom. The van der Waals surface area contributed by atoms with Gasteiger partial charge in [-0.25, -0.2) is 4.98 Å². The fraction of sp³-hybridized carbons (Fsp3) is 0.308. The maximum Gasteiger partial charge on any atom is 0.227 e. The standard InChI is InChI=1S/C26H28ClN7/c1-19-16-25(32-26(31-19)33-13-4-5-14-33)34(18-21-6-2-3-10-28-21)15-12-30-23-9-11-29-24-17-20(27)7-8-22(23)24/h2-3,6-11,16-17H,4-5,12-15,18H2,1H3,(H,29,30). The van der Waals surface area contributed by atoms with Gasteiger partial charge in [-0.2, -0.15) is 4.98 Å². The zero-order valence-corrected chi connectivity index (χ0v) is 20.0. The summed E-state index contributed by atoms with van der Waals surface area (Å²) in [4.78, 5) is 23.2. The molecular weight excluding hydrogens is 446 g/mol. The summed E-state index contributed by atoms with van der Waals surface area (Å²) in [5.74, 6) is 1.75. The highest BCUT2D eigenvalue weighted by Crippen LogP contribution is 2.25. The molecule has 1 aliphatic heterocycles. The van der Waals surface area contributed by atoms with Gasteiger partial charge in [0.15, 0.2) is 0 Å². The molecular formula is C26H28ClN7. The molecule has 1 aromatic carbocycles. The second-order valence-electron chi connectivity index (χ2n) is 8.55. The Bertz CT molecular complexity index is 1260. The Hall–Kier alpha value is -3.45. The van der Waals surface area contributed by atoms with E-state index in [1.807, 2.05) is 55.7 Å². The van der Waals surface area contributed by atoms with E-state index in [-0.39, 0.29) is 0 Å². The van der Waals surface area contributed by atoms with Crippen LogP contribution in [0.4, 0.5) is 17.5 Å². The Morgan fingerprint density at radius 2 is 1.88 bits per heavy atom. The number of pyridine rings is 2. The molecule has 1 aliphatic rings. The fourth-order valence-corrected chi connectivity index (χ4v) is 4.49. The minimum atomic E-state index is 0.672. The van der Waals surface area contributed by atoms with Gasteiger partial charge in [0.1, 0.15) is 5.82 Å². The molecule has 174 valence electrons. The van der Waals surface area contributed by atoms with Crippen molar-refractivity contribution in [2.24, 2.45) is 0 Å². The largest absolute Gasteiger partial charge is 0.383 e. The van der Waals surface area contributed by atoms with Gasteiger partial charge in [0.25, 0.3) is 0 Å². The predicted octanol–water partition coefficient (Wildman–Crippen LogP) is 5.10. The van der Waals surface area contributed by atoms with Gasteiger partial charge in [0.05, 0.1) is 17.8 Å². The number of nitrogens with one attached hydrogen (secondary N) is 1. The van der Waals surface area contributed by atoms with Crippen LogP contribution in [0.2, 0.25) is 5.02 Å². The molecule has 0 bridgehead atoms. The van der Waals surface area contributed by atoms with Crippen LogP contribution in [0.1, 0.15) is 24.2 Å². The molecule has 0 amide bonds. The van der Waals surface area contributed by atoms with Gasteiger partial charge in [0, 0.05) is 66.4 Å². The van der Waals surface area contributed by atoms with Crippen LogP contribution < -0.4 is 15.1 Å². The number of nitrogens with zero attached hydrogens (tertiary/aromatic N) is 6. The minimum Gasteiger partial charge on any atom is -0.383 e. The first-order chi connectivity index (χ1) is 16.7. The van der Waals surface area contributed by atoms with Crippen molar-refractivity contribution in [3.05, 3.63) is 77.3 Å². The molecule has 1 fully saturated rings. The van der Waals surface area contributed by atoms with E-state index in [9.17, 15) is 0 Å². The topological polar surface area (TPSA) is 70.1 Å². The highest BCUT2D eigenvalue weighted by molar-refractivity contribution is 6.31. The highest BCUT2D eigenvalue weighted by Gasteiger charge is 2.18. The van der Waals surface area contributed by atoms with Gasteiger partial charge in [-0.1, -0.05) is 17.7 Å². The van der Waals surface area contributed by atoms with Crippen LogP contribution in [0.5, 0.6) is 0 Å². The van der Waals surface area contributed by atoms with Crippen molar-refractivity contribution in [1.82, 2.24) is 19.9 Å². The van der Waals surface area contributed by atoms with E-state index in [1.54, 1.807) is 0 Å². The number of halogens is 1. The lowest BCUT2D eigenvalue weighted by molar-refractivity contribution is 0.764. The second-order valence-corrected chi connectivity index (χ2v) is 8.99. The van der Waals surface area contributed by atoms with Crippen LogP contribution in [0.25, 0.3) is 10.9 Å². The molecule has 0 unspecified atom stereocenters. The van der Waals surface area contributed by atoms with E-state index in [0.717, 1.165) is 65.9 Å². The van der Waals surface area contributed by atoms with Crippen LogP contribution >= 0.6 is 11.6 Å². The lowest BCUT2D eigenvalue weighted by Gasteiger charge is -2.26. The summed E-state index contributed by atoms with van der Waals surface area (Å²) in [6.45, 7) is 6.23. The number of hydrogen-bond donors (Lipinski definition) is 1. The molecule has 1 N–H and O–H groups in total. The summed E-state index contributed by atoms with van der Waals surface area (Å²) in [6, 6.07) is 15.9. The predicted molar refractivity (Wildman–Crippen MR) is 139 cm³/mol. The van der Waals surface area contributed by atoms with Gasteiger partial charge >= 0.3 is 0 Å². The van der Waals surface area contributed by atoms with Crippen LogP contribution in [0.3, 0.4) is 0 Å². The van der Waals surface area contributed by atoms with E-state index >= 15 is 0 Å². The third kappa shape index (κ3) is 5.20. The third-order valence-corrected chi connectivity index (χ3v) is 6.26. The van der Waals surface area contributed by atoms with Gasteiger partial charge in [-0.3, -0.25) is 9.97 Å². The van der Waals surface area contributed by atoms with Gasteiger partial charge < -0.3 is 15.1 Å². The van der Waals surface area contributed by atoms with Crippen molar-refractivity contribution >= 4 is 40.0 Å². The highest BCUT2D eigenvalue weighted by atomic mass is 35.5. The first-order valence-electron chi connectivity index (χ1n) is 11.7. The smallest absolute Gasteiger partial charge is 0.227 e. The molecule has 5 rings (SSSR count). The van der Waals surface area contributed by atoms with E-state index in [0.29, 0.717) is 11.6 Å². The Labute approximate surface area is 204 Å². The van der Waals surface area contributed by atoms with Crippen LogP contribution in [-0.2, 0) is 6.54 Å². The first kappa shape index (κ1) is 22.3. The number of hydrogen-bond acceptors (Lipinski definition) is 7. The average molecular weight is 474 g/mol. The van der Waals surface area contributed by atoms with Crippen molar-refractivity contribution in [1.29, 1.82) is 0 Å². The summed E-state index contributed by atoms with van der Waals surface area (Å²) in [5, 5.41) is 5.32. The number of anilines is 3. The molecule has 4 aromatic rings. The average Bonchev–Trinajstić information content (AvgIpc) is 3.39. The molecule has 1 saturated heterocycles. The minimum absolute atomic E-state index is 0.672. The number of fused-ring (bicyclic) bond motifs is 1. The zero-order chi connectivity index (χ0) is 23.3. The monoisotopic (exact) mass is 473 g/mol. The van der Waals surface area contributed by atoms with E-state index in [4.69, 9.17) is 21.6 Å². The number of benzene rings is 1. The fourth-order valence-electron chi connectivity index (χ4n) is 4.32. The maximum absolute atomic E-state index is 6.15. The first-order valence-corrected chi connectivity index (χ1v) is 12.1. The molecule has 0 radical (unpaired) electrons. The van der Waals surface area contributed by atoms with E-state index < -0.39 is 0 Å². The van der Waals surface area contributed by atoms with Gasteiger partial charge in [-0.15, -0.1) is 0 Å². The van der Waals surface area contributed by atoms with Crippen molar-refractivity contribution in [3.8, 4) is 0 Å². The van der Waals surface area contributed by atoms with Crippen molar-refractivity contribution in [2.45, 2.75) is 26.3 Å². The Morgan fingerprint density at radius 1 is 1.00 bits per heavy atom. The summed E-state index contributed by atoms with van der Waals surface area (Å²) in [6.07, 6.45) is 6.03. The third-order valence-electron chi connectivity index (χ3n) is 6.02. The SMILES string of the molecule is Cc1cc(N(CCNc2ccnc3cc(Cl)ccc23)Cc2ccccn2)nc(N2CCCC2)n1.